The first-order chi connectivity index (χ1) is 9.95. The number of ether oxygens (including phenoxy) is 2. The van der Waals surface area contributed by atoms with Gasteiger partial charge in [-0.05, 0) is 18.4 Å². The van der Waals surface area contributed by atoms with Crippen LogP contribution in [-0.4, -0.2) is 27.5 Å². The molecule has 1 N–H and O–H groups in total. The number of nitrogens with one attached hydrogen (secondary N) is 1. The van der Waals surface area contributed by atoms with Gasteiger partial charge in [-0.15, -0.1) is 0 Å². The third-order valence-electron chi connectivity index (χ3n) is 3.64. The van der Waals surface area contributed by atoms with E-state index in [1.165, 1.54) is 0 Å². The lowest BCUT2D eigenvalue weighted by molar-refractivity contribution is -0.180. The molecule has 0 spiro atoms. The van der Waals surface area contributed by atoms with Crippen molar-refractivity contribution in [3.8, 4) is 0 Å². The first-order valence-electron chi connectivity index (χ1n) is 6.93. The van der Waals surface area contributed by atoms with E-state index in [9.17, 15) is 8.42 Å². The van der Waals surface area contributed by atoms with E-state index in [1.807, 2.05) is 44.2 Å². The van der Waals surface area contributed by atoms with Gasteiger partial charge in [0.1, 0.15) is 6.10 Å². The van der Waals surface area contributed by atoms with Crippen molar-refractivity contribution in [3.05, 3.63) is 35.9 Å². The lowest BCUT2D eigenvalue weighted by Gasteiger charge is -2.24. The van der Waals surface area contributed by atoms with Crippen molar-refractivity contribution in [1.29, 1.82) is 0 Å². The van der Waals surface area contributed by atoms with Crippen LogP contribution in [0.25, 0.3) is 0 Å². The van der Waals surface area contributed by atoms with E-state index in [0.29, 0.717) is 12.8 Å². The number of benzene rings is 1. The van der Waals surface area contributed by atoms with Gasteiger partial charge in [0.05, 0.1) is 7.11 Å². The topological polar surface area (TPSA) is 73.9 Å². The van der Waals surface area contributed by atoms with E-state index in [4.69, 9.17) is 9.47 Å². The minimum atomic E-state index is -3.87. The Morgan fingerprint density at radius 2 is 1.81 bits per heavy atom. The van der Waals surface area contributed by atoms with Crippen LogP contribution >= 0.6 is 0 Å². The van der Waals surface area contributed by atoms with Crippen molar-refractivity contribution in [1.82, 2.24) is 4.72 Å². The van der Waals surface area contributed by atoms with Gasteiger partial charge in [0.25, 0.3) is 0 Å². The van der Waals surface area contributed by atoms with Crippen LogP contribution in [0.15, 0.2) is 30.3 Å². The highest BCUT2D eigenvalue weighted by molar-refractivity contribution is 7.84. The maximum Gasteiger partial charge on any atom is 0.337 e. The average Bonchev–Trinajstić information content (AvgIpc) is 2.87. The summed E-state index contributed by atoms with van der Waals surface area (Å²) in [7, 11) is -2.77. The second-order valence-corrected chi connectivity index (χ2v) is 6.32. The third-order valence-corrected chi connectivity index (χ3v) is 4.60. The average molecular weight is 315 g/mol. The molecule has 0 radical (unpaired) electrons. The van der Waals surface area contributed by atoms with Gasteiger partial charge in [0.2, 0.25) is 0 Å². The molecule has 0 aromatic heterocycles. The molecule has 6 nitrogen and oxygen atoms in total. The zero-order valence-electron chi connectivity index (χ0n) is 12.4. The molecule has 1 aromatic carbocycles. The van der Waals surface area contributed by atoms with Gasteiger partial charge >= 0.3 is 10.3 Å². The Morgan fingerprint density at radius 1 is 1.19 bits per heavy atom. The number of hydrogen-bond acceptors (Lipinski definition) is 5. The normalized spacial score (nSPS) is 25.1. The fourth-order valence-electron chi connectivity index (χ4n) is 2.36. The summed E-state index contributed by atoms with van der Waals surface area (Å²) in [4.78, 5) is 0. The van der Waals surface area contributed by atoms with E-state index in [-0.39, 0.29) is 0 Å². The first-order valence-corrected chi connectivity index (χ1v) is 8.34. The minimum Gasteiger partial charge on any atom is -0.338 e. The van der Waals surface area contributed by atoms with E-state index in [0.717, 1.165) is 12.7 Å². The Balaban J connectivity index is 2.30. The second-order valence-electron chi connectivity index (χ2n) is 4.84. The first kappa shape index (κ1) is 16.4. The third kappa shape index (κ3) is 3.61. The fraction of sp³-hybridized carbons (Fsp3) is 0.571. The predicted octanol–water partition coefficient (Wildman–Crippen LogP) is 2.10. The van der Waals surface area contributed by atoms with Gasteiger partial charge in [-0.2, -0.15) is 13.1 Å². The fourth-order valence-corrected chi connectivity index (χ4v) is 2.91. The smallest absolute Gasteiger partial charge is 0.337 e. The summed E-state index contributed by atoms with van der Waals surface area (Å²) in [5.41, 5.74) is 0.852. The van der Waals surface area contributed by atoms with Crippen molar-refractivity contribution >= 4 is 10.3 Å². The van der Waals surface area contributed by atoms with Crippen LogP contribution in [0.2, 0.25) is 0 Å². The van der Waals surface area contributed by atoms with Crippen LogP contribution in [0.1, 0.15) is 38.4 Å². The summed E-state index contributed by atoms with van der Waals surface area (Å²) in [6.07, 6.45) is -0.0934. The molecule has 0 saturated carbocycles. The molecule has 0 aliphatic carbocycles. The van der Waals surface area contributed by atoms with Crippen molar-refractivity contribution < 1.29 is 22.1 Å². The largest absolute Gasteiger partial charge is 0.338 e. The van der Waals surface area contributed by atoms with Crippen LogP contribution in [0.3, 0.4) is 0 Å². The van der Waals surface area contributed by atoms with E-state index >= 15 is 0 Å². The highest BCUT2D eigenvalue weighted by Crippen LogP contribution is 2.41. The highest BCUT2D eigenvalue weighted by atomic mass is 32.2. The van der Waals surface area contributed by atoms with Crippen LogP contribution in [-0.2, 0) is 24.0 Å². The summed E-state index contributed by atoms with van der Waals surface area (Å²) < 4.78 is 42.0. The summed E-state index contributed by atoms with van der Waals surface area (Å²) in [5.74, 6) is -0.790. The molecule has 2 rings (SSSR count). The molecule has 118 valence electrons. The molecule has 21 heavy (non-hydrogen) atoms. The standard InChI is InChI=1S/C14H21NO5S/c1-4-14(5-2)19-12(11-9-7-6-8-10-11)13(20-14)15-21(16,17)18-3/h6-10,12-13,15H,4-5H2,1-3H3/t12-,13-/m0/s1. The SMILES string of the molecule is CCC1(CC)O[C@H](NS(=O)(=O)OC)[C@H](c2ccccc2)O1. The Bertz CT molecular complexity index is 556. The molecule has 1 fully saturated rings. The van der Waals surface area contributed by atoms with Crippen LogP contribution in [0.5, 0.6) is 0 Å². The summed E-state index contributed by atoms with van der Waals surface area (Å²) in [6, 6.07) is 9.39. The van der Waals surface area contributed by atoms with Crippen molar-refractivity contribution in [2.24, 2.45) is 0 Å². The molecular formula is C14H21NO5S. The molecule has 0 amide bonds. The van der Waals surface area contributed by atoms with Gasteiger partial charge in [-0.25, -0.2) is 0 Å². The lowest BCUT2D eigenvalue weighted by atomic mass is 10.1. The van der Waals surface area contributed by atoms with E-state index in [2.05, 4.69) is 8.91 Å². The number of rotatable bonds is 6. The van der Waals surface area contributed by atoms with Gasteiger partial charge in [-0.3, -0.25) is 4.18 Å². The van der Waals surface area contributed by atoms with Gasteiger partial charge < -0.3 is 9.47 Å². The van der Waals surface area contributed by atoms with E-state index < -0.39 is 28.4 Å². The molecule has 0 unspecified atom stereocenters. The quantitative estimate of drug-likeness (QED) is 0.870. The van der Waals surface area contributed by atoms with Gasteiger partial charge in [0, 0.05) is 0 Å². The summed E-state index contributed by atoms with van der Waals surface area (Å²) in [6.45, 7) is 3.89. The molecular weight excluding hydrogens is 294 g/mol. The van der Waals surface area contributed by atoms with Gasteiger partial charge in [0.15, 0.2) is 12.0 Å². The summed E-state index contributed by atoms with van der Waals surface area (Å²) in [5, 5.41) is 0. The second kappa shape index (κ2) is 6.41. The minimum absolute atomic E-state index is 0.518. The molecule has 1 aromatic rings. The molecule has 0 bridgehead atoms. The molecule has 1 heterocycles. The van der Waals surface area contributed by atoms with Crippen LogP contribution in [0.4, 0.5) is 0 Å². The highest BCUT2D eigenvalue weighted by Gasteiger charge is 2.47. The lowest BCUT2D eigenvalue weighted by Crippen LogP contribution is -2.40. The number of hydrogen-bond donors (Lipinski definition) is 1. The zero-order chi connectivity index (χ0) is 15.5. The molecule has 7 heteroatoms. The Hall–Kier alpha value is -0.990. The molecule has 1 aliphatic rings. The predicted molar refractivity (Wildman–Crippen MR) is 77.5 cm³/mol. The van der Waals surface area contributed by atoms with Crippen LogP contribution < -0.4 is 4.72 Å². The Labute approximate surface area is 125 Å². The molecule has 1 aliphatic heterocycles. The Morgan fingerprint density at radius 3 is 2.33 bits per heavy atom. The molecule has 2 atom stereocenters. The maximum atomic E-state index is 11.7. The van der Waals surface area contributed by atoms with Crippen LogP contribution in [0, 0.1) is 0 Å². The monoisotopic (exact) mass is 315 g/mol. The summed E-state index contributed by atoms with van der Waals surface area (Å²) >= 11 is 0. The van der Waals surface area contributed by atoms with Crippen molar-refractivity contribution in [2.45, 2.75) is 44.8 Å². The Kier molecular flexibility index (Phi) is 5.00. The zero-order valence-corrected chi connectivity index (χ0v) is 13.2. The van der Waals surface area contributed by atoms with E-state index in [1.54, 1.807) is 0 Å². The van der Waals surface area contributed by atoms with Crippen molar-refractivity contribution in [2.75, 3.05) is 7.11 Å². The maximum absolute atomic E-state index is 11.7. The molecule has 1 saturated heterocycles. The van der Waals surface area contributed by atoms with Gasteiger partial charge in [-0.1, -0.05) is 44.2 Å². The van der Waals surface area contributed by atoms with Crippen molar-refractivity contribution in [3.63, 3.8) is 0 Å².